The minimum Gasteiger partial charge on any atom is -0.254 e. The maximum absolute atomic E-state index is 3.76. The van der Waals surface area contributed by atoms with E-state index in [1.807, 2.05) is 13.8 Å². The summed E-state index contributed by atoms with van der Waals surface area (Å²) >= 11 is 0. The van der Waals surface area contributed by atoms with Gasteiger partial charge in [-0.05, 0) is 25.0 Å². The lowest BCUT2D eigenvalue weighted by Gasteiger charge is -1.91. The molecule has 0 saturated carbocycles. The van der Waals surface area contributed by atoms with E-state index in [1.165, 1.54) is 5.56 Å². The van der Waals surface area contributed by atoms with Crippen LogP contribution in [0, 0.1) is 26.1 Å². The number of rotatable bonds is 0. The fourth-order valence-corrected chi connectivity index (χ4v) is 0.441. The van der Waals surface area contributed by atoms with E-state index in [-0.39, 0.29) is 0 Å². The second kappa shape index (κ2) is 1.95. The van der Waals surface area contributed by atoms with E-state index < -0.39 is 0 Å². The van der Waals surface area contributed by atoms with Gasteiger partial charge in [0.1, 0.15) is 0 Å². The molecule has 0 fully saturated rings. The predicted octanol–water partition coefficient (Wildman–Crippen LogP) is 1.30. The van der Waals surface area contributed by atoms with E-state index in [0.29, 0.717) is 0 Å². The van der Waals surface area contributed by atoms with Gasteiger partial charge in [-0.25, -0.2) is 0 Å². The number of nitrogens with zero attached hydrogens (tertiary/aromatic N) is 1. The van der Waals surface area contributed by atoms with Gasteiger partial charge in [0.2, 0.25) is 0 Å². The average Bonchev–Trinajstić information content (AvgIpc) is 1.77. The Kier molecular flexibility index (Phi) is 1.29. The number of aryl methyl sites for hydroxylation is 2. The van der Waals surface area contributed by atoms with Crippen molar-refractivity contribution in [1.82, 2.24) is 4.98 Å². The van der Waals surface area contributed by atoms with Crippen molar-refractivity contribution in [2.24, 2.45) is 0 Å². The maximum Gasteiger partial charge on any atom is 0.0974 e. The third-order valence-electron chi connectivity index (χ3n) is 1.16. The second-order valence-electron chi connectivity index (χ2n) is 1.80. The summed E-state index contributed by atoms with van der Waals surface area (Å²) in [5, 5.41) is 0. The van der Waals surface area contributed by atoms with Gasteiger partial charge in [-0.2, -0.15) is 0 Å². The van der Waals surface area contributed by atoms with Crippen molar-refractivity contribution in [3.63, 3.8) is 0 Å². The summed E-state index contributed by atoms with van der Waals surface area (Å²) in [6.45, 7) is 4.00. The molecule has 0 aliphatic carbocycles. The van der Waals surface area contributed by atoms with Crippen molar-refractivity contribution in [1.29, 1.82) is 0 Å². The Morgan fingerprint density at radius 3 is 2.62 bits per heavy atom. The van der Waals surface area contributed by atoms with E-state index in [9.17, 15) is 0 Å². The molecule has 8 heavy (non-hydrogen) atoms. The van der Waals surface area contributed by atoms with Gasteiger partial charge in [-0.3, -0.25) is 4.98 Å². The second-order valence-corrected chi connectivity index (χ2v) is 1.80. The number of hydrogen-bond donors (Lipinski definition) is 0. The molecule has 0 aromatic carbocycles. The highest BCUT2D eigenvalue weighted by Gasteiger charge is 1.86. The third kappa shape index (κ3) is 0.861. The van der Waals surface area contributed by atoms with Gasteiger partial charge in [-0.1, -0.05) is 0 Å². The summed E-state index contributed by atoms with van der Waals surface area (Å²) in [5.74, 6) is 0. The molecular weight excluding hydrogens is 98.1 g/mol. The van der Waals surface area contributed by atoms with Crippen LogP contribution in [0.1, 0.15) is 11.1 Å². The first-order chi connectivity index (χ1) is 3.80. The molecule has 0 aliphatic heterocycles. The zero-order valence-corrected chi connectivity index (χ0v) is 5.02. The van der Waals surface area contributed by atoms with Crippen LogP contribution in [0.3, 0.4) is 0 Å². The van der Waals surface area contributed by atoms with Crippen molar-refractivity contribution in [2.45, 2.75) is 13.8 Å². The fraction of sp³-hybridized carbons (Fsp3) is 0.286. The van der Waals surface area contributed by atoms with Crippen molar-refractivity contribution in [3.05, 3.63) is 29.6 Å². The minimum atomic E-state index is 1.13. The Bertz CT molecular complexity index is 160. The third-order valence-corrected chi connectivity index (χ3v) is 1.16. The summed E-state index contributed by atoms with van der Waals surface area (Å²) in [7, 11) is 0. The smallest absolute Gasteiger partial charge is 0.0974 e. The van der Waals surface area contributed by atoms with E-state index >= 15 is 0 Å². The normalized spacial score (nSPS) is 9.25. The largest absolute Gasteiger partial charge is 0.254 e. The van der Waals surface area contributed by atoms with Gasteiger partial charge < -0.3 is 0 Å². The van der Waals surface area contributed by atoms with E-state index in [2.05, 4.69) is 17.2 Å². The summed E-state index contributed by atoms with van der Waals surface area (Å²) in [4.78, 5) is 3.76. The predicted molar refractivity (Wildman–Crippen MR) is 31.4 cm³/mol. The molecule has 2 radical (unpaired) electrons. The molecule has 0 spiro atoms. The molecule has 1 heterocycles. The fourth-order valence-electron chi connectivity index (χ4n) is 0.441. The molecule has 0 saturated heterocycles. The van der Waals surface area contributed by atoms with Gasteiger partial charge in [-0.15, -0.1) is 0 Å². The van der Waals surface area contributed by atoms with Gasteiger partial charge in [0.25, 0.3) is 0 Å². The molecule has 1 rings (SSSR count). The Morgan fingerprint density at radius 2 is 2.25 bits per heavy atom. The van der Waals surface area contributed by atoms with Crippen LogP contribution in [-0.4, -0.2) is 4.98 Å². The van der Waals surface area contributed by atoms with Crippen LogP contribution >= 0.6 is 0 Å². The zero-order valence-electron chi connectivity index (χ0n) is 5.02. The monoisotopic (exact) mass is 105 g/mol. The van der Waals surface area contributed by atoms with Crippen molar-refractivity contribution < 1.29 is 0 Å². The standard InChI is InChI=1S/C7H7N/c1-6-3-4-8-5-7(6)2/h5H,1-2H3. The molecule has 0 N–H and O–H groups in total. The van der Waals surface area contributed by atoms with Crippen molar-refractivity contribution >= 4 is 0 Å². The number of pyridine rings is 1. The van der Waals surface area contributed by atoms with E-state index in [1.54, 1.807) is 6.20 Å². The van der Waals surface area contributed by atoms with Crippen LogP contribution in [0.2, 0.25) is 0 Å². The molecule has 0 atom stereocenters. The van der Waals surface area contributed by atoms with E-state index in [0.717, 1.165) is 5.56 Å². The quantitative estimate of drug-likeness (QED) is 0.484. The average molecular weight is 105 g/mol. The molecule has 1 aromatic rings. The van der Waals surface area contributed by atoms with E-state index in [4.69, 9.17) is 0 Å². The molecule has 1 heteroatoms. The Labute approximate surface area is 49.4 Å². The van der Waals surface area contributed by atoms with Crippen LogP contribution < -0.4 is 0 Å². The highest BCUT2D eigenvalue weighted by Crippen LogP contribution is 1.98. The molecule has 0 unspecified atom stereocenters. The molecular formula is C7H7N. The van der Waals surface area contributed by atoms with Gasteiger partial charge in [0.05, 0.1) is 6.20 Å². The lowest BCUT2D eigenvalue weighted by atomic mass is 10.2. The first kappa shape index (κ1) is 5.29. The lowest BCUT2D eigenvalue weighted by Crippen LogP contribution is -1.80. The van der Waals surface area contributed by atoms with Crippen LogP contribution in [0.25, 0.3) is 0 Å². The first-order valence-corrected chi connectivity index (χ1v) is 2.52. The highest BCUT2D eigenvalue weighted by atomic mass is 14.6. The molecule has 1 aromatic heterocycles. The molecule has 40 valence electrons. The van der Waals surface area contributed by atoms with Crippen molar-refractivity contribution in [2.75, 3.05) is 0 Å². The minimum absolute atomic E-state index is 1.13. The Hall–Kier alpha value is -0.850. The summed E-state index contributed by atoms with van der Waals surface area (Å²) in [6, 6.07) is 2.86. The van der Waals surface area contributed by atoms with Crippen LogP contribution in [-0.2, 0) is 0 Å². The zero-order chi connectivity index (χ0) is 5.98. The number of aromatic nitrogens is 1. The lowest BCUT2D eigenvalue weighted by molar-refractivity contribution is 1.20. The summed E-state index contributed by atoms with van der Waals surface area (Å²) < 4.78 is 0. The summed E-state index contributed by atoms with van der Waals surface area (Å²) in [6.07, 6.45) is 4.41. The van der Waals surface area contributed by atoms with Crippen molar-refractivity contribution in [3.8, 4) is 0 Å². The highest BCUT2D eigenvalue weighted by molar-refractivity contribution is 5.17. The Balaban J connectivity index is 3.13. The molecule has 0 bridgehead atoms. The van der Waals surface area contributed by atoms with Crippen LogP contribution in [0.15, 0.2) is 6.20 Å². The SMILES string of the molecule is Cc1[c][c]ncc1C. The van der Waals surface area contributed by atoms with Gasteiger partial charge in [0.15, 0.2) is 0 Å². The maximum atomic E-state index is 3.76. The first-order valence-electron chi connectivity index (χ1n) is 2.52. The topological polar surface area (TPSA) is 12.9 Å². The van der Waals surface area contributed by atoms with Crippen LogP contribution in [0.4, 0.5) is 0 Å². The van der Waals surface area contributed by atoms with Gasteiger partial charge >= 0.3 is 0 Å². The van der Waals surface area contributed by atoms with Gasteiger partial charge in [0, 0.05) is 12.3 Å². The molecule has 1 nitrogen and oxygen atoms in total. The van der Waals surface area contributed by atoms with Crippen LogP contribution in [0.5, 0.6) is 0 Å². The molecule has 0 aliphatic rings. The summed E-state index contributed by atoms with van der Waals surface area (Å²) in [5.41, 5.74) is 2.30. The Morgan fingerprint density at radius 1 is 1.50 bits per heavy atom. The molecule has 0 amide bonds. The number of hydrogen-bond acceptors (Lipinski definition) is 1.